The first-order valence-electron chi connectivity index (χ1n) is 11.2. The molecule has 2 aromatic heterocycles. The average Bonchev–Trinajstić information content (AvgIpc) is 3.26. The van der Waals surface area contributed by atoms with Crippen LogP contribution < -0.4 is 5.32 Å². The van der Waals surface area contributed by atoms with Crippen LogP contribution in [0.15, 0.2) is 36.7 Å². The molecular formula is C24H25F2N5O2. The number of allylic oxidation sites excluding steroid dienone is 1. The number of fused-ring (bicyclic) bond motifs is 2. The number of β-amino-alcohol motifs (C(OH)–C–C–N with tert-alkyl or cyclic N) is 1. The molecular weight excluding hydrogens is 428 g/mol. The smallest absolute Gasteiger partial charge is 0.274 e. The molecule has 0 radical (unpaired) electrons. The van der Waals surface area contributed by atoms with Crippen LogP contribution in [0.25, 0.3) is 27.6 Å². The maximum absolute atomic E-state index is 13.2. The molecule has 1 atom stereocenters. The first-order valence-corrected chi connectivity index (χ1v) is 11.2. The Hall–Kier alpha value is -3.17. The Labute approximate surface area is 189 Å². The Morgan fingerprint density at radius 3 is 2.79 bits per heavy atom. The predicted octanol–water partition coefficient (Wildman–Crippen LogP) is 3.82. The number of nitrogens with one attached hydrogen (secondary N) is 1. The molecule has 9 heteroatoms. The fourth-order valence-corrected chi connectivity index (χ4v) is 4.96. The van der Waals surface area contributed by atoms with Gasteiger partial charge in [0, 0.05) is 59.0 Å². The van der Waals surface area contributed by atoms with Crippen LogP contribution in [0.4, 0.5) is 14.6 Å². The van der Waals surface area contributed by atoms with E-state index in [-0.39, 0.29) is 30.4 Å². The zero-order valence-corrected chi connectivity index (χ0v) is 18.1. The van der Waals surface area contributed by atoms with E-state index in [4.69, 9.17) is 0 Å². The van der Waals surface area contributed by atoms with Gasteiger partial charge >= 0.3 is 0 Å². The van der Waals surface area contributed by atoms with Gasteiger partial charge in [0.15, 0.2) is 5.82 Å². The topological polar surface area (TPSA) is 94.4 Å². The van der Waals surface area contributed by atoms with Crippen LogP contribution in [0.2, 0.25) is 0 Å². The molecule has 3 aromatic rings. The molecule has 0 unspecified atom stereocenters. The number of likely N-dealkylation sites (tertiary alicyclic amines) is 1. The number of pyridine rings is 1. The number of phenols is 1. The molecule has 5 rings (SSSR count). The summed E-state index contributed by atoms with van der Waals surface area (Å²) in [6.07, 6.45) is 4.25. The minimum atomic E-state index is -1.70. The van der Waals surface area contributed by atoms with Crippen molar-refractivity contribution >= 4 is 22.2 Å². The van der Waals surface area contributed by atoms with E-state index in [1.807, 2.05) is 6.07 Å². The minimum absolute atomic E-state index is 0.00766. The lowest BCUT2D eigenvalue weighted by Gasteiger charge is -2.33. The minimum Gasteiger partial charge on any atom is -0.507 e. The van der Waals surface area contributed by atoms with Gasteiger partial charge in [-0.3, -0.25) is 9.88 Å². The SMILES string of the molecule is OCCN1CCC[C@@H](Nc2nnc(-c3ccc4c(c3O)CCC4=C(F)F)c3cnccc23)C1. The van der Waals surface area contributed by atoms with Gasteiger partial charge in [0.05, 0.1) is 6.61 Å². The second kappa shape index (κ2) is 8.99. The molecule has 2 aliphatic rings. The molecule has 0 amide bonds. The van der Waals surface area contributed by atoms with E-state index < -0.39 is 6.08 Å². The highest BCUT2D eigenvalue weighted by Gasteiger charge is 2.27. The Kier molecular flexibility index (Phi) is 5.90. The molecule has 1 fully saturated rings. The van der Waals surface area contributed by atoms with Crippen molar-refractivity contribution in [2.45, 2.75) is 31.7 Å². The molecule has 3 N–H and O–H groups in total. The fourth-order valence-electron chi connectivity index (χ4n) is 4.96. The molecule has 1 aromatic carbocycles. The molecule has 0 saturated carbocycles. The monoisotopic (exact) mass is 453 g/mol. The quantitative estimate of drug-likeness (QED) is 0.541. The van der Waals surface area contributed by atoms with E-state index in [9.17, 15) is 19.0 Å². The van der Waals surface area contributed by atoms with Crippen LogP contribution in [0.1, 0.15) is 30.4 Å². The number of aromatic hydroxyl groups is 1. The average molecular weight is 453 g/mol. The van der Waals surface area contributed by atoms with Crippen LogP contribution >= 0.6 is 0 Å². The summed E-state index contributed by atoms with van der Waals surface area (Å²) in [5.41, 5.74) is 1.83. The molecule has 33 heavy (non-hydrogen) atoms. The van der Waals surface area contributed by atoms with E-state index in [0.717, 1.165) is 36.7 Å². The number of halogens is 2. The number of piperidine rings is 1. The molecule has 7 nitrogen and oxygen atoms in total. The van der Waals surface area contributed by atoms with Gasteiger partial charge in [-0.05, 0) is 49.9 Å². The van der Waals surface area contributed by atoms with E-state index >= 15 is 0 Å². The summed E-state index contributed by atoms with van der Waals surface area (Å²) in [7, 11) is 0. The molecule has 0 spiro atoms. The van der Waals surface area contributed by atoms with Gasteiger partial charge < -0.3 is 15.5 Å². The van der Waals surface area contributed by atoms with Gasteiger partial charge in [-0.25, -0.2) is 0 Å². The summed E-state index contributed by atoms with van der Waals surface area (Å²) in [5, 5.41) is 34.1. The summed E-state index contributed by atoms with van der Waals surface area (Å²) in [6.45, 7) is 2.56. The highest BCUT2D eigenvalue weighted by Crippen LogP contribution is 2.45. The van der Waals surface area contributed by atoms with Crippen molar-refractivity contribution in [3.8, 4) is 17.0 Å². The zero-order chi connectivity index (χ0) is 22.9. The number of nitrogens with zero attached hydrogens (tertiary/aromatic N) is 4. The lowest BCUT2D eigenvalue weighted by molar-refractivity contribution is 0.166. The second-order valence-electron chi connectivity index (χ2n) is 8.55. The number of phenolic OH excluding ortho intramolecular Hbond substituents is 1. The molecule has 1 saturated heterocycles. The predicted molar refractivity (Wildman–Crippen MR) is 122 cm³/mol. The lowest BCUT2D eigenvalue weighted by atomic mass is 9.99. The summed E-state index contributed by atoms with van der Waals surface area (Å²) in [4.78, 5) is 6.46. The first-order chi connectivity index (χ1) is 16.1. The van der Waals surface area contributed by atoms with Gasteiger partial charge in [-0.15, -0.1) is 10.2 Å². The largest absolute Gasteiger partial charge is 0.507 e. The Morgan fingerprint density at radius 1 is 1.12 bits per heavy atom. The number of anilines is 1. The Morgan fingerprint density at radius 2 is 1.97 bits per heavy atom. The van der Waals surface area contributed by atoms with Gasteiger partial charge in [-0.2, -0.15) is 8.78 Å². The van der Waals surface area contributed by atoms with Crippen LogP contribution in [0.5, 0.6) is 5.75 Å². The number of hydrogen-bond acceptors (Lipinski definition) is 7. The van der Waals surface area contributed by atoms with Crippen LogP contribution in [0, 0.1) is 0 Å². The Bertz CT molecular complexity index is 1230. The van der Waals surface area contributed by atoms with E-state index in [1.54, 1.807) is 24.5 Å². The number of aliphatic hydroxyl groups excluding tert-OH is 1. The maximum atomic E-state index is 13.2. The van der Waals surface area contributed by atoms with Crippen molar-refractivity contribution in [3.05, 3.63) is 47.8 Å². The van der Waals surface area contributed by atoms with Crippen molar-refractivity contribution in [2.75, 3.05) is 31.6 Å². The van der Waals surface area contributed by atoms with E-state index in [1.165, 1.54) is 0 Å². The molecule has 0 bridgehead atoms. The van der Waals surface area contributed by atoms with Crippen molar-refractivity contribution < 1.29 is 19.0 Å². The molecule has 1 aliphatic heterocycles. The maximum Gasteiger partial charge on any atom is 0.274 e. The van der Waals surface area contributed by atoms with Crippen LogP contribution in [-0.4, -0.2) is 62.6 Å². The van der Waals surface area contributed by atoms with Crippen molar-refractivity contribution in [2.24, 2.45) is 0 Å². The number of hydrogen-bond donors (Lipinski definition) is 3. The van der Waals surface area contributed by atoms with Crippen molar-refractivity contribution in [3.63, 3.8) is 0 Å². The highest BCUT2D eigenvalue weighted by molar-refractivity contribution is 6.01. The number of aromatic nitrogens is 3. The third-order valence-electron chi connectivity index (χ3n) is 6.56. The first kappa shape index (κ1) is 21.7. The summed E-state index contributed by atoms with van der Waals surface area (Å²) >= 11 is 0. The lowest BCUT2D eigenvalue weighted by Crippen LogP contribution is -2.43. The summed E-state index contributed by atoms with van der Waals surface area (Å²) < 4.78 is 26.5. The van der Waals surface area contributed by atoms with Crippen molar-refractivity contribution in [1.29, 1.82) is 0 Å². The van der Waals surface area contributed by atoms with Gasteiger partial charge in [-0.1, -0.05) is 6.07 Å². The van der Waals surface area contributed by atoms with E-state index in [0.29, 0.717) is 41.2 Å². The number of benzene rings is 1. The van der Waals surface area contributed by atoms with Gasteiger partial charge in [0.25, 0.3) is 6.08 Å². The summed E-state index contributed by atoms with van der Waals surface area (Å²) in [5.74, 6) is 0.605. The zero-order valence-electron chi connectivity index (χ0n) is 18.1. The highest BCUT2D eigenvalue weighted by atomic mass is 19.3. The van der Waals surface area contributed by atoms with Crippen LogP contribution in [-0.2, 0) is 6.42 Å². The Balaban J connectivity index is 1.51. The molecule has 172 valence electrons. The van der Waals surface area contributed by atoms with E-state index in [2.05, 4.69) is 25.4 Å². The summed E-state index contributed by atoms with van der Waals surface area (Å²) in [6, 6.07) is 5.28. The molecule has 3 heterocycles. The van der Waals surface area contributed by atoms with Crippen molar-refractivity contribution in [1.82, 2.24) is 20.1 Å². The normalized spacial score (nSPS) is 18.5. The van der Waals surface area contributed by atoms with Gasteiger partial charge in [0.2, 0.25) is 0 Å². The third kappa shape index (κ3) is 4.02. The number of rotatable bonds is 5. The van der Waals surface area contributed by atoms with Crippen LogP contribution in [0.3, 0.4) is 0 Å². The second-order valence-corrected chi connectivity index (χ2v) is 8.55. The standard InChI is InChI=1S/C24H25F2N5O2/c25-23(26)17-5-4-16-15(17)3-6-19(22(16)33)21-20-12-27-8-7-18(20)24(30-29-21)28-14-2-1-9-31(13-14)10-11-32/h3,6-8,12,14,32-33H,1-2,4-5,9-11,13H2,(H,28,30)/t14-/m1/s1. The molecule has 1 aliphatic carbocycles. The van der Waals surface area contributed by atoms with Gasteiger partial charge in [0.1, 0.15) is 11.4 Å². The third-order valence-corrected chi connectivity index (χ3v) is 6.56. The number of aliphatic hydroxyl groups is 1. The fraction of sp³-hybridized carbons (Fsp3) is 0.375.